The maximum Gasteiger partial charge on any atom is 0.326 e. The summed E-state index contributed by atoms with van der Waals surface area (Å²) < 4.78 is 10.3. The van der Waals surface area contributed by atoms with Gasteiger partial charge in [0, 0.05) is 6.42 Å². The molecule has 0 spiro atoms. The summed E-state index contributed by atoms with van der Waals surface area (Å²) in [5.41, 5.74) is 5.13. The van der Waals surface area contributed by atoms with Crippen molar-refractivity contribution in [3.05, 3.63) is 0 Å². The van der Waals surface area contributed by atoms with Crippen LogP contribution in [0.1, 0.15) is 25.7 Å². The average Bonchev–Trinajstić information content (AvgIpc) is 2.52. The Kier molecular flexibility index (Phi) is 2.26. The fourth-order valence-electron chi connectivity index (χ4n) is 1.64. The molecule has 2 rings (SSSR count). The number of rotatable bonds is 2. The molecule has 1 saturated carbocycles. The number of carbonyl (C=O) groups is 1. The molecule has 4 heteroatoms. The first-order valence-electron chi connectivity index (χ1n) is 4.78. The highest BCUT2D eigenvalue weighted by Gasteiger charge is 2.42. The van der Waals surface area contributed by atoms with Crippen LogP contribution in [0.3, 0.4) is 0 Å². The molecule has 0 aromatic carbocycles. The number of carbonyl (C=O) groups excluding carboxylic acids is 1. The molecular weight excluding hydrogens is 170 g/mol. The lowest BCUT2D eigenvalue weighted by atomic mass is 9.78. The van der Waals surface area contributed by atoms with Gasteiger partial charge in [-0.15, -0.1) is 0 Å². The van der Waals surface area contributed by atoms with Crippen LogP contribution in [-0.2, 0) is 14.3 Å². The minimum atomic E-state index is -0.678. The summed E-state index contributed by atoms with van der Waals surface area (Å²) in [6.45, 7) is 1.22. The highest BCUT2D eigenvalue weighted by molar-refractivity contribution is 5.81. The van der Waals surface area contributed by atoms with Crippen molar-refractivity contribution in [1.29, 1.82) is 0 Å². The van der Waals surface area contributed by atoms with Crippen molar-refractivity contribution in [2.75, 3.05) is 13.2 Å². The van der Waals surface area contributed by atoms with E-state index < -0.39 is 5.54 Å². The van der Waals surface area contributed by atoms with Gasteiger partial charge in [0.1, 0.15) is 11.6 Å². The van der Waals surface area contributed by atoms with Gasteiger partial charge in [-0.2, -0.15) is 0 Å². The van der Waals surface area contributed by atoms with Crippen LogP contribution >= 0.6 is 0 Å². The predicted octanol–water partition coefficient (Wildman–Crippen LogP) is 0.200. The van der Waals surface area contributed by atoms with E-state index in [-0.39, 0.29) is 12.1 Å². The zero-order chi connectivity index (χ0) is 9.31. The third kappa shape index (κ3) is 1.69. The molecule has 0 aromatic heterocycles. The van der Waals surface area contributed by atoms with E-state index in [2.05, 4.69) is 0 Å². The molecule has 2 fully saturated rings. The van der Waals surface area contributed by atoms with E-state index in [1.54, 1.807) is 0 Å². The molecule has 74 valence electrons. The third-order valence-corrected chi connectivity index (χ3v) is 2.81. The van der Waals surface area contributed by atoms with Crippen LogP contribution in [0, 0.1) is 0 Å². The Morgan fingerprint density at radius 3 is 2.77 bits per heavy atom. The van der Waals surface area contributed by atoms with Crippen molar-refractivity contribution >= 4 is 5.97 Å². The summed E-state index contributed by atoms with van der Waals surface area (Å²) in [5.74, 6) is -0.241. The average molecular weight is 185 g/mol. The molecule has 1 heterocycles. The molecule has 1 aliphatic carbocycles. The number of hydrogen-bond donors (Lipinski definition) is 1. The molecule has 13 heavy (non-hydrogen) atoms. The van der Waals surface area contributed by atoms with Gasteiger partial charge in [0.05, 0.1) is 13.2 Å². The molecule has 0 amide bonds. The molecule has 4 nitrogen and oxygen atoms in total. The highest BCUT2D eigenvalue weighted by atomic mass is 16.6. The van der Waals surface area contributed by atoms with Crippen molar-refractivity contribution in [2.24, 2.45) is 5.73 Å². The van der Waals surface area contributed by atoms with E-state index in [9.17, 15) is 4.79 Å². The van der Waals surface area contributed by atoms with Crippen molar-refractivity contribution in [3.8, 4) is 0 Å². The standard InChI is InChI=1S/C9H15NO3/c10-9(3-1-4-9)8(11)13-7-2-5-12-6-7/h7H,1-6,10H2. The number of nitrogens with two attached hydrogens (primary N) is 1. The summed E-state index contributed by atoms with van der Waals surface area (Å²) >= 11 is 0. The normalized spacial score (nSPS) is 31.0. The third-order valence-electron chi connectivity index (χ3n) is 2.81. The smallest absolute Gasteiger partial charge is 0.326 e. The van der Waals surface area contributed by atoms with Gasteiger partial charge in [-0.3, -0.25) is 4.79 Å². The molecule has 1 saturated heterocycles. The van der Waals surface area contributed by atoms with Crippen LogP contribution in [0.4, 0.5) is 0 Å². The zero-order valence-corrected chi connectivity index (χ0v) is 7.62. The Bertz CT molecular complexity index is 207. The molecule has 1 atom stereocenters. The van der Waals surface area contributed by atoms with Gasteiger partial charge in [0.25, 0.3) is 0 Å². The molecule has 1 aliphatic heterocycles. The lowest BCUT2D eigenvalue weighted by Crippen LogP contribution is -2.55. The van der Waals surface area contributed by atoms with E-state index in [1.807, 2.05) is 0 Å². The summed E-state index contributed by atoms with van der Waals surface area (Å²) in [5, 5.41) is 0. The lowest BCUT2D eigenvalue weighted by Gasteiger charge is -2.35. The van der Waals surface area contributed by atoms with Crippen molar-refractivity contribution in [2.45, 2.75) is 37.3 Å². The van der Waals surface area contributed by atoms with E-state index >= 15 is 0 Å². The summed E-state index contributed by atoms with van der Waals surface area (Å²) in [6.07, 6.45) is 3.31. The molecule has 2 aliphatic rings. The van der Waals surface area contributed by atoms with Crippen molar-refractivity contribution in [3.63, 3.8) is 0 Å². The van der Waals surface area contributed by atoms with Gasteiger partial charge in [0.2, 0.25) is 0 Å². The molecule has 1 unspecified atom stereocenters. The Morgan fingerprint density at radius 1 is 1.54 bits per heavy atom. The van der Waals surface area contributed by atoms with Gasteiger partial charge in [-0.25, -0.2) is 0 Å². The quantitative estimate of drug-likeness (QED) is 0.624. The second kappa shape index (κ2) is 3.27. The minimum absolute atomic E-state index is 0.0616. The fraction of sp³-hybridized carbons (Fsp3) is 0.889. The first-order valence-corrected chi connectivity index (χ1v) is 4.78. The molecular formula is C9H15NO3. The maximum atomic E-state index is 11.5. The van der Waals surface area contributed by atoms with Gasteiger partial charge in [0.15, 0.2) is 0 Å². The maximum absolute atomic E-state index is 11.5. The topological polar surface area (TPSA) is 61.6 Å². The first kappa shape index (κ1) is 8.97. The van der Waals surface area contributed by atoms with Crippen LogP contribution in [-0.4, -0.2) is 30.8 Å². The molecule has 2 N–H and O–H groups in total. The van der Waals surface area contributed by atoms with E-state index in [0.29, 0.717) is 13.2 Å². The van der Waals surface area contributed by atoms with Crippen molar-refractivity contribution < 1.29 is 14.3 Å². The number of hydrogen-bond acceptors (Lipinski definition) is 4. The summed E-state index contributed by atoms with van der Waals surface area (Å²) in [6, 6.07) is 0. The largest absolute Gasteiger partial charge is 0.458 e. The SMILES string of the molecule is NC1(C(=O)OC2CCOC2)CCC1. The lowest BCUT2D eigenvalue weighted by molar-refractivity contribution is -0.159. The van der Waals surface area contributed by atoms with E-state index in [0.717, 1.165) is 25.7 Å². The van der Waals surface area contributed by atoms with Gasteiger partial charge < -0.3 is 15.2 Å². The number of ether oxygens (including phenoxy) is 2. The van der Waals surface area contributed by atoms with Crippen LogP contribution < -0.4 is 5.73 Å². The molecule has 0 radical (unpaired) electrons. The second-order valence-electron chi connectivity index (χ2n) is 3.90. The Labute approximate surface area is 77.4 Å². The molecule has 0 aromatic rings. The summed E-state index contributed by atoms with van der Waals surface area (Å²) in [4.78, 5) is 11.5. The van der Waals surface area contributed by atoms with Crippen LogP contribution in [0.5, 0.6) is 0 Å². The van der Waals surface area contributed by atoms with E-state index in [4.69, 9.17) is 15.2 Å². The Hall–Kier alpha value is -0.610. The van der Waals surface area contributed by atoms with Crippen LogP contribution in [0.15, 0.2) is 0 Å². The van der Waals surface area contributed by atoms with Gasteiger partial charge in [-0.1, -0.05) is 0 Å². The Morgan fingerprint density at radius 2 is 2.31 bits per heavy atom. The fourth-order valence-corrected chi connectivity index (χ4v) is 1.64. The highest BCUT2D eigenvalue weighted by Crippen LogP contribution is 2.31. The van der Waals surface area contributed by atoms with E-state index in [1.165, 1.54) is 0 Å². The second-order valence-corrected chi connectivity index (χ2v) is 3.90. The van der Waals surface area contributed by atoms with Crippen molar-refractivity contribution in [1.82, 2.24) is 0 Å². The first-order chi connectivity index (χ1) is 6.21. The van der Waals surface area contributed by atoms with Crippen LogP contribution in [0.2, 0.25) is 0 Å². The number of esters is 1. The van der Waals surface area contributed by atoms with Gasteiger partial charge >= 0.3 is 5.97 Å². The summed E-state index contributed by atoms with van der Waals surface area (Å²) in [7, 11) is 0. The Balaban J connectivity index is 1.83. The zero-order valence-electron chi connectivity index (χ0n) is 7.62. The minimum Gasteiger partial charge on any atom is -0.458 e. The monoisotopic (exact) mass is 185 g/mol. The predicted molar refractivity (Wildman–Crippen MR) is 46.1 cm³/mol. The van der Waals surface area contributed by atoms with Gasteiger partial charge in [-0.05, 0) is 19.3 Å². The van der Waals surface area contributed by atoms with Crippen LogP contribution in [0.25, 0.3) is 0 Å². The molecule has 0 bridgehead atoms.